The lowest BCUT2D eigenvalue weighted by molar-refractivity contribution is -0.128. The third kappa shape index (κ3) is 5.27. The molecule has 0 radical (unpaired) electrons. The van der Waals surface area contributed by atoms with Crippen LogP contribution in [0.25, 0.3) is 0 Å². The zero-order valence-corrected chi connectivity index (χ0v) is 14.3. The molecule has 2 atom stereocenters. The predicted octanol–water partition coefficient (Wildman–Crippen LogP) is 3.35. The molecule has 0 saturated carbocycles. The summed E-state index contributed by atoms with van der Waals surface area (Å²) in [6.45, 7) is 3.00. The molecule has 2 heterocycles. The molecule has 6 heteroatoms. The van der Waals surface area contributed by atoms with Crippen LogP contribution in [-0.2, 0) is 14.3 Å². The van der Waals surface area contributed by atoms with E-state index in [0.717, 1.165) is 36.5 Å². The minimum absolute atomic E-state index is 0.119. The van der Waals surface area contributed by atoms with Crippen LogP contribution in [0.5, 0.6) is 0 Å². The number of amides is 1. The van der Waals surface area contributed by atoms with Crippen LogP contribution < -0.4 is 10.6 Å². The zero-order chi connectivity index (χ0) is 17.5. The summed E-state index contributed by atoms with van der Waals surface area (Å²) in [7, 11) is 0. The highest BCUT2D eigenvalue weighted by Gasteiger charge is 2.19. The largest absolute Gasteiger partial charge is 0.376 e. The number of nitrogens with zero attached hydrogens (tertiary/aromatic N) is 1. The molecule has 2 N–H and O–H groups in total. The molecule has 0 bridgehead atoms. The number of aromatic nitrogens is 1. The van der Waals surface area contributed by atoms with Gasteiger partial charge < -0.3 is 20.1 Å². The quantitative estimate of drug-likeness (QED) is 0.808. The van der Waals surface area contributed by atoms with Gasteiger partial charge in [-0.2, -0.15) is 0 Å². The van der Waals surface area contributed by atoms with Gasteiger partial charge in [0.1, 0.15) is 6.10 Å². The number of benzene rings is 1. The number of nitrogens with one attached hydrogen (secondary N) is 2. The van der Waals surface area contributed by atoms with E-state index in [4.69, 9.17) is 9.47 Å². The van der Waals surface area contributed by atoms with Crippen molar-refractivity contribution >= 4 is 23.0 Å². The zero-order valence-electron chi connectivity index (χ0n) is 14.3. The van der Waals surface area contributed by atoms with Gasteiger partial charge in [0.15, 0.2) is 0 Å². The minimum Gasteiger partial charge on any atom is -0.376 e. The van der Waals surface area contributed by atoms with Gasteiger partial charge in [-0.25, -0.2) is 0 Å². The van der Waals surface area contributed by atoms with E-state index in [1.54, 1.807) is 19.3 Å². The standard InChI is InChI=1S/C19H23N3O3/c1-14(25-13-18-3-2-12-24-18)19(23)22-16-6-4-15(5-7-16)21-17-8-10-20-11-9-17/h4-11,14,18H,2-3,12-13H2,1H3,(H,20,21)(H,22,23). The Bertz CT molecular complexity index is 670. The summed E-state index contributed by atoms with van der Waals surface area (Å²) in [5, 5.41) is 6.13. The van der Waals surface area contributed by atoms with Gasteiger partial charge in [0.2, 0.25) is 0 Å². The molecule has 0 spiro atoms. The van der Waals surface area contributed by atoms with Crippen molar-refractivity contribution in [3.8, 4) is 0 Å². The maximum Gasteiger partial charge on any atom is 0.253 e. The Balaban J connectivity index is 1.47. The summed E-state index contributed by atoms with van der Waals surface area (Å²) in [6.07, 6.45) is 5.13. The molecule has 1 aromatic carbocycles. The van der Waals surface area contributed by atoms with Gasteiger partial charge >= 0.3 is 0 Å². The summed E-state index contributed by atoms with van der Waals surface area (Å²) in [6, 6.07) is 11.3. The highest BCUT2D eigenvalue weighted by atomic mass is 16.5. The van der Waals surface area contributed by atoms with Crippen LogP contribution in [0.2, 0.25) is 0 Å². The van der Waals surface area contributed by atoms with Crippen molar-refractivity contribution in [1.29, 1.82) is 0 Å². The van der Waals surface area contributed by atoms with Crippen molar-refractivity contribution in [2.75, 3.05) is 23.8 Å². The van der Waals surface area contributed by atoms with Gasteiger partial charge in [-0.05, 0) is 56.2 Å². The predicted molar refractivity (Wildman–Crippen MR) is 97.0 cm³/mol. The first kappa shape index (κ1) is 17.4. The topological polar surface area (TPSA) is 72.5 Å². The van der Waals surface area contributed by atoms with E-state index in [-0.39, 0.29) is 12.0 Å². The van der Waals surface area contributed by atoms with Crippen LogP contribution in [0.3, 0.4) is 0 Å². The van der Waals surface area contributed by atoms with Crippen molar-refractivity contribution < 1.29 is 14.3 Å². The summed E-state index contributed by atoms with van der Waals surface area (Å²) >= 11 is 0. The number of carbonyl (C=O) groups is 1. The van der Waals surface area contributed by atoms with Crippen molar-refractivity contribution in [3.63, 3.8) is 0 Å². The van der Waals surface area contributed by atoms with Gasteiger partial charge in [-0.3, -0.25) is 9.78 Å². The third-order valence-corrected chi connectivity index (χ3v) is 4.05. The fourth-order valence-corrected chi connectivity index (χ4v) is 2.59. The average molecular weight is 341 g/mol. The molecular weight excluding hydrogens is 318 g/mol. The van der Waals surface area contributed by atoms with E-state index in [0.29, 0.717) is 6.61 Å². The van der Waals surface area contributed by atoms with Crippen molar-refractivity contribution in [2.24, 2.45) is 0 Å². The lowest BCUT2D eigenvalue weighted by Gasteiger charge is -2.16. The van der Waals surface area contributed by atoms with Crippen molar-refractivity contribution in [2.45, 2.75) is 32.0 Å². The number of hydrogen-bond donors (Lipinski definition) is 2. The van der Waals surface area contributed by atoms with Crippen LogP contribution in [0.1, 0.15) is 19.8 Å². The second-order valence-corrected chi connectivity index (χ2v) is 6.04. The second kappa shape index (κ2) is 8.60. The van der Waals surface area contributed by atoms with Gasteiger partial charge in [-0.15, -0.1) is 0 Å². The minimum atomic E-state index is -0.515. The van der Waals surface area contributed by atoms with Gasteiger partial charge in [-0.1, -0.05) is 0 Å². The normalized spacial score (nSPS) is 17.9. The number of ether oxygens (including phenoxy) is 2. The lowest BCUT2D eigenvalue weighted by Crippen LogP contribution is -2.30. The van der Waals surface area contributed by atoms with E-state index < -0.39 is 6.10 Å². The molecule has 1 aliphatic rings. The summed E-state index contributed by atoms with van der Waals surface area (Å²) in [4.78, 5) is 16.2. The Morgan fingerprint density at radius 1 is 1.20 bits per heavy atom. The SMILES string of the molecule is CC(OCC1CCCO1)C(=O)Nc1ccc(Nc2ccncc2)cc1. The third-order valence-electron chi connectivity index (χ3n) is 4.05. The molecule has 1 amide bonds. The van der Waals surface area contributed by atoms with E-state index in [1.807, 2.05) is 36.4 Å². The Kier molecular flexibility index (Phi) is 5.98. The van der Waals surface area contributed by atoms with Gasteiger partial charge in [0.25, 0.3) is 5.91 Å². The molecule has 0 aliphatic carbocycles. The van der Waals surface area contributed by atoms with Crippen LogP contribution in [-0.4, -0.2) is 36.3 Å². The maximum atomic E-state index is 12.2. The number of pyridine rings is 1. The first-order valence-corrected chi connectivity index (χ1v) is 8.52. The van der Waals surface area contributed by atoms with Crippen molar-refractivity contribution in [3.05, 3.63) is 48.8 Å². The Morgan fingerprint density at radius 3 is 2.56 bits per heavy atom. The van der Waals surface area contributed by atoms with Crippen LogP contribution in [0.15, 0.2) is 48.8 Å². The van der Waals surface area contributed by atoms with Crippen LogP contribution >= 0.6 is 0 Å². The number of anilines is 3. The van der Waals surface area contributed by atoms with E-state index in [2.05, 4.69) is 15.6 Å². The number of carbonyl (C=O) groups excluding carboxylic acids is 1. The molecule has 1 saturated heterocycles. The van der Waals surface area contributed by atoms with E-state index in [1.165, 1.54) is 0 Å². The van der Waals surface area contributed by atoms with E-state index in [9.17, 15) is 4.79 Å². The molecule has 3 rings (SSSR count). The summed E-state index contributed by atoms with van der Waals surface area (Å²) in [5.74, 6) is -0.159. The molecule has 132 valence electrons. The Labute approximate surface area is 147 Å². The smallest absolute Gasteiger partial charge is 0.253 e. The lowest BCUT2D eigenvalue weighted by atomic mass is 10.2. The van der Waals surface area contributed by atoms with Crippen molar-refractivity contribution in [1.82, 2.24) is 4.98 Å². The van der Waals surface area contributed by atoms with Gasteiger partial charge in [0.05, 0.1) is 12.7 Å². The molecule has 6 nitrogen and oxygen atoms in total. The highest BCUT2D eigenvalue weighted by molar-refractivity contribution is 5.94. The van der Waals surface area contributed by atoms with E-state index >= 15 is 0 Å². The first-order valence-electron chi connectivity index (χ1n) is 8.52. The molecule has 2 unspecified atom stereocenters. The Hall–Kier alpha value is -2.44. The first-order chi connectivity index (χ1) is 12.2. The molecule has 25 heavy (non-hydrogen) atoms. The fourth-order valence-electron chi connectivity index (χ4n) is 2.59. The number of hydrogen-bond acceptors (Lipinski definition) is 5. The highest BCUT2D eigenvalue weighted by Crippen LogP contribution is 2.19. The molecule has 1 aromatic heterocycles. The van der Waals surface area contributed by atoms with Crippen LogP contribution in [0, 0.1) is 0 Å². The second-order valence-electron chi connectivity index (χ2n) is 6.04. The van der Waals surface area contributed by atoms with Gasteiger partial charge in [0, 0.05) is 36.1 Å². The van der Waals surface area contributed by atoms with Crippen LogP contribution in [0.4, 0.5) is 17.1 Å². The Morgan fingerprint density at radius 2 is 1.88 bits per heavy atom. The molecule has 1 fully saturated rings. The maximum absolute atomic E-state index is 12.2. The monoisotopic (exact) mass is 341 g/mol. The average Bonchev–Trinajstić information content (AvgIpc) is 3.16. The molecule has 2 aromatic rings. The molecule has 1 aliphatic heterocycles. The summed E-state index contributed by atoms with van der Waals surface area (Å²) < 4.78 is 11.1. The molecular formula is C19H23N3O3. The number of rotatable bonds is 7. The fraction of sp³-hybridized carbons (Fsp3) is 0.368. The summed E-state index contributed by atoms with van der Waals surface area (Å²) in [5.41, 5.74) is 2.63.